The third kappa shape index (κ3) is 4.01. The fourth-order valence-corrected chi connectivity index (χ4v) is 3.66. The van der Waals surface area contributed by atoms with Crippen LogP contribution in [-0.2, 0) is 13.6 Å². The molecule has 0 radical (unpaired) electrons. The average Bonchev–Trinajstić information content (AvgIpc) is 3.59. The molecule has 31 heavy (non-hydrogen) atoms. The Labute approximate surface area is 180 Å². The maximum atomic E-state index is 13.2. The number of para-hydroxylation sites is 1. The van der Waals surface area contributed by atoms with Gasteiger partial charge in [0.2, 0.25) is 0 Å². The van der Waals surface area contributed by atoms with Crippen LogP contribution in [0.4, 0.5) is 10.5 Å². The summed E-state index contributed by atoms with van der Waals surface area (Å²) >= 11 is 0. The molecule has 0 aliphatic heterocycles. The van der Waals surface area contributed by atoms with Gasteiger partial charge in [0, 0.05) is 19.6 Å². The highest BCUT2D eigenvalue weighted by atomic mass is 16.5. The second-order valence-corrected chi connectivity index (χ2v) is 7.73. The first-order valence-corrected chi connectivity index (χ1v) is 10.2. The molecule has 0 unspecified atom stereocenters. The van der Waals surface area contributed by atoms with Crippen LogP contribution in [0.15, 0.2) is 53.3 Å². The minimum absolute atomic E-state index is 0.0510. The van der Waals surface area contributed by atoms with Crippen molar-refractivity contribution in [2.75, 3.05) is 12.4 Å². The van der Waals surface area contributed by atoms with Crippen molar-refractivity contribution in [3.05, 3.63) is 70.1 Å². The summed E-state index contributed by atoms with van der Waals surface area (Å²) in [5, 5.41) is 12.7. The lowest BCUT2D eigenvalue weighted by molar-refractivity contribution is 0.206. The Balaban J connectivity index is 1.60. The highest BCUT2D eigenvalue weighted by molar-refractivity contribution is 5.90. The van der Waals surface area contributed by atoms with E-state index in [0.717, 1.165) is 24.1 Å². The van der Waals surface area contributed by atoms with Crippen molar-refractivity contribution in [3.8, 4) is 17.2 Å². The molecule has 8 nitrogen and oxygen atoms in total. The number of benzene rings is 2. The molecule has 0 saturated heterocycles. The van der Waals surface area contributed by atoms with Gasteiger partial charge >= 0.3 is 6.03 Å². The summed E-state index contributed by atoms with van der Waals surface area (Å²) in [7, 11) is 3.28. The number of hydrogen-bond acceptors (Lipinski definition) is 4. The molecular formula is C23H26N4O4. The Kier molecular flexibility index (Phi) is 5.46. The number of urea groups is 1. The first-order chi connectivity index (χ1) is 14.9. The number of carbonyl (C=O) groups excluding carboxylic acids is 1. The first kappa shape index (κ1) is 20.6. The lowest BCUT2D eigenvalue weighted by Crippen LogP contribution is -2.37. The van der Waals surface area contributed by atoms with Gasteiger partial charge in [-0.05, 0) is 49.6 Å². The summed E-state index contributed by atoms with van der Waals surface area (Å²) in [5.41, 5.74) is 2.23. The van der Waals surface area contributed by atoms with Gasteiger partial charge in [-0.15, -0.1) is 0 Å². The highest BCUT2D eigenvalue weighted by Gasteiger charge is 2.33. The SMILES string of the molecule is COc1cc(CN(C(=O)Nc2c(C)n(C)n(-c3ccccc3)c2=O)C2CC2)ccc1O. The van der Waals surface area contributed by atoms with Crippen LogP contribution >= 0.6 is 0 Å². The zero-order valence-corrected chi connectivity index (χ0v) is 17.8. The van der Waals surface area contributed by atoms with E-state index in [4.69, 9.17) is 4.74 Å². The summed E-state index contributed by atoms with van der Waals surface area (Å²) in [5.74, 6) is 0.411. The number of ether oxygens (including phenoxy) is 1. The van der Waals surface area contributed by atoms with E-state index in [1.165, 1.54) is 11.8 Å². The van der Waals surface area contributed by atoms with Crippen molar-refractivity contribution in [2.45, 2.75) is 32.4 Å². The molecule has 1 aliphatic rings. The Bertz CT molecular complexity index is 1160. The average molecular weight is 422 g/mol. The maximum Gasteiger partial charge on any atom is 0.322 e. The molecule has 1 aromatic heterocycles. The van der Waals surface area contributed by atoms with Gasteiger partial charge in [-0.25, -0.2) is 9.48 Å². The number of methoxy groups -OCH3 is 1. The highest BCUT2D eigenvalue weighted by Crippen LogP contribution is 2.31. The lowest BCUT2D eigenvalue weighted by atomic mass is 10.2. The van der Waals surface area contributed by atoms with Crippen molar-refractivity contribution < 1.29 is 14.6 Å². The van der Waals surface area contributed by atoms with E-state index >= 15 is 0 Å². The van der Waals surface area contributed by atoms with E-state index in [9.17, 15) is 14.7 Å². The third-order valence-corrected chi connectivity index (χ3v) is 5.63. The number of rotatable bonds is 6. The van der Waals surface area contributed by atoms with E-state index in [0.29, 0.717) is 18.0 Å². The number of anilines is 1. The molecule has 3 aromatic rings. The molecule has 2 N–H and O–H groups in total. The number of aromatic nitrogens is 2. The summed E-state index contributed by atoms with van der Waals surface area (Å²) < 4.78 is 8.45. The van der Waals surface area contributed by atoms with Gasteiger partial charge in [0.1, 0.15) is 5.69 Å². The van der Waals surface area contributed by atoms with Crippen LogP contribution in [0.2, 0.25) is 0 Å². The van der Waals surface area contributed by atoms with Crippen LogP contribution in [-0.4, -0.2) is 38.6 Å². The standard InChI is InChI=1S/C23H26N4O4/c1-15-21(22(29)27(25(15)2)18-7-5-4-6-8-18)24-23(30)26(17-10-11-17)14-16-9-12-19(28)20(13-16)31-3/h4-9,12-13,17,28H,10-11,14H2,1-3H3,(H,24,30). The van der Waals surface area contributed by atoms with Gasteiger partial charge in [0.05, 0.1) is 18.5 Å². The molecule has 0 bridgehead atoms. The summed E-state index contributed by atoms with van der Waals surface area (Å²) in [6, 6.07) is 14.1. The normalized spacial score (nSPS) is 13.1. The van der Waals surface area contributed by atoms with Crippen LogP contribution in [0.3, 0.4) is 0 Å². The van der Waals surface area contributed by atoms with E-state index in [2.05, 4.69) is 5.32 Å². The molecule has 162 valence electrons. The van der Waals surface area contributed by atoms with Gasteiger partial charge < -0.3 is 20.1 Å². The minimum atomic E-state index is -0.319. The maximum absolute atomic E-state index is 13.2. The van der Waals surface area contributed by atoms with E-state index in [1.807, 2.05) is 37.3 Å². The van der Waals surface area contributed by atoms with Crippen molar-refractivity contribution in [3.63, 3.8) is 0 Å². The molecule has 8 heteroatoms. The summed E-state index contributed by atoms with van der Waals surface area (Å²) in [6.45, 7) is 2.16. The van der Waals surface area contributed by atoms with Gasteiger partial charge in [-0.1, -0.05) is 24.3 Å². The predicted octanol–water partition coefficient (Wildman–Crippen LogP) is 3.40. The smallest absolute Gasteiger partial charge is 0.322 e. The van der Waals surface area contributed by atoms with Gasteiger partial charge in [0.15, 0.2) is 11.5 Å². The molecule has 2 amide bonds. The molecule has 0 spiro atoms. The van der Waals surface area contributed by atoms with E-state index in [1.54, 1.807) is 34.8 Å². The summed E-state index contributed by atoms with van der Waals surface area (Å²) in [6.07, 6.45) is 1.84. The fourth-order valence-electron chi connectivity index (χ4n) is 3.66. The fraction of sp³-hybridized carbons (Fsp3) is 0.304. The van der Waals surface area contributed by atoms with Gasteiger partial charge in [-0.3, -0.25) is 9.48 Å². The monoisotopic (exact) mass is 422 g/mol. The van der Waals surface area contributed by atoms with Crippen molar-refractivity contribution in [2.24, 2.45) is 7.05 Å². The number of amides is 2. The van der Waals surface area contributed by atoms with Crippen LogP contribution in [0, 0.1) is 6.92 Å². The number of carbonyl (C=O) groups is 1. The second kappa shape index (κ2) is 8.22. The zero-order valence-electron chi connectivity index (χ0n) is 17.8. The molecule has 1 aliphatic carbocycles. The number of phenols is 1. The van der Waals surface area contributed by atoms with Crippen LogP contribution in [0.25, 0.3) is 5.69 Å². The number of hydrogen-bond donors (Lipinski definition) is 2. The number of nitrogens with one attached hydrogen (secondary N) is 1. The van der Waals surface area contributed by atoms with E-state index in [-0.39, 0.29) is 29.1 Å². The lowest BCUT2D eigenvalue weighted by Gasteiger charge is -2.23. The van der Waals surface area contributed by atoms with Crippen molar-refractivity contribution in [1.29, 1.82) is 0 Å². The first-order valence-electron chi connectivity index (χ1n) is 10.2. The van der Waals surface area contributed by atoms with Gasteiger partial charge in [0.25, 0.3) is 5.56 Å². The predicted molar refractivity (Wildman–Crippen MR) is 118 cm³/mol. The number of nitrogens with zero attached hydrogens (tertiary/aromatic N) is 3. The molecule has 1 heterocycles. The quantitative estimate of drug-likeness (QED) is 0.637. The largest absolute Gasteiger partial charge is 0.504 e. The Hall–Kier alpha value is -3.68. The Morgan fingerprint density at radius 3 is 2.58 bits per heavy atom. The third-order valence-electron chi connectivity index (χ3n) is 5.63. The molecule has 2 aromatic carbocycles. The van der Waals surface area contributed by atoms with Crippen LogP contribution in [0.5, 0.6) is 11.5 Å². The molecular weight excluding hydrogens is 396 g/mol. The van der Waals surface area contributed by atoms with E-state index < -0.39 is 0 Å². The molecule has 1 saturated carbocycles. The topological polar surface area (TPSA) is 88.7 Å². The molecule has 1 fully saturated rings. The van der Waals surface area contributed by atoms with Crippen molar-refractivity contribution >= 4 is 11.7 Å². The summed E-state index contributed by atoms with van der Waals surface area (Å²) in [4.78, 5) is 28.0. The Morgan fingerprint density at radius 1 is 1.23 bits per heavy atom. The number of phenolic OH excluding ortho intramolecular Hbond substituents is 1. The second-order valence-electron chi connectivity index (χ2n) is 7.73. The molecule has 0 atom stereocenters. The van der Waals surface area contributed by atoms with Gasteiger partial charge in [-0.2, -0.15) is 0 Å². The Morgan fingerprint density at radius 2 is 1.94 bits per heavy atom. The molecule has 4 rings (SSSR count). The minimum Gasteiger partial charge on any atom is -0.504 e. The number of aromatic hydroxyl groups is 1. The van der Waals surface area contributed by atoms with Crippen molar-refractivity contribution in [1.82, 2.24) is 14.3 Å². The van der Waals surface area contributed by atoms with Crippen LogP contribution in [0.1, 0.15) is 24.1 Å². The zero-order chi connectivity index (χ0) is 22.1. The van der Waals surface area contributed by atoms with Crippen LogP contribution < -0.4 is 15.6 Å².